The number of fused-ring (bicyclic) bond motifs is 2. The number of nitrogens with zero attached hydrogens (tertiary/aromatic N) is 2. The minimum absolute atomic E-state index is 0.170. The summed E-state index contributed by atoms with van der Waals surface area (Å²) in [5.74, 6) is 0.243. The molecule has 1 atom stereocenters. The fraction of sp³-hybridized carbons (Fsp3) is 0.250. The Labute approximate surface area is 265 Å². The quantitative estimate of drug-likeness (QED) is 0.146. The number of carbonyl (C=O) groups is 2. The van der Waals surface area contributed by atoms with Crippen LogP contribution in [-0.4, -0.2) is 36.8 Å². The van der Waals surface area contributed by atoms with E-state index in [1.165, 1.54) is 18.3 Å². The van der Waals surface area contributed by atoms with E-state index >= 15 is 0 Å². The molecule has 222 valence electrons. The van der Waals surface area contributed by atoms with Gasteiger partial charge in [-0.3, -0.25) is 14.2 Å². The molecule has 0 fully saturated rings. The molecule has 3 aromatic carbocycles. The highest BCUT2D eigenvalue weighted by Gasteiger charge is 2.36. The first-order valence-corrected chi connectivity index (χ1v) is 15.5. The maximum Gasteiger partial charge on any atom is 0.338 e. The van der Waals surface area contributed by atoms with Gasteiger partial charge < -0.3 is 18.9 Å². The van der Waals surface area contributed by atoms with Gasteiger partial charge in [-0.15, -0.1) is 0 Å². The molecule has 0 aliphatic carbocycles. The van der Waals surface area contributed by atoms with E-state index in [0.29, 0.717) is 53.6 Å². The lowest BCUT2D eigenvalue weighted by molar-refractivity contribution is -0.139. The summed E-state index contributed by atoms with van der Waals surface area (Å²) in [6.07, 6.45) is 1.74. The van der Waals surface area contributed by atoms with Crippen molar-refractivity contribution in [3.63, 3.8) is 0 Å². The van der Waals surface area contributed by atoms with Gasteiger partial charge in [-0.05, 0) is 84.0 Å². The number of ether oxygens (including phenoxy) is 4. The lowest BCUT2D eigenvalue weighted by atomic mass is 9.90. The molecule has 43 heavy (non-hydrogen) atoms. The Hall–Kier alpha value is -3.97. The second-order valence-electron chi connectivity index (χ2n) is 9.56. The topological polar surface area (TPSA) is 105 Å². The van der Waals surface area contributed by atoms with Gasteiger partial charge in [-0.2, -0.15) is 0 Å². The number of halogens is 1. The molecule has 1 aliphatic heterocycles. The second-order valence-corrected chi connectivity index (χ2v) is 11.7. The Morgan fingerprint density at radius 2 is 1.86 bits per heavy atom. The van der Waals surface area contributed by atoms with Crippen LogP contribution in [0.2, 0.25) is 0 Å². The Bertz CT molecular complexity index is 1980. The Morgan fingerprint density at radius 3 is 2.56 bits per heavy atom. The Balaban J connectivity index is 1.78. The summed E-state index contributed by atoms with van der Waals surface area (Å²) >= 11 is 3.29. The molecule has 0 N–H and O–H groups in total. The van der Waals surface area contributed by atoms with E-state index in [0.717, 1.165) is 10.8 Å². The number of allylic oxidation sites excluding steroid dienone is 1. The van der Waals surface area contributed by atoms with Crippen LogP contribution in [-0.2, 0) is 14.3 Å². The molecule has 1 aliphatic rings. The monoisotopic (exact) mass is 712 g/mol. The summed E-state index contributed by atoms with van der Waals surface area (Å²) < 4.78 is 25.0. The summed E-state index contributed by atoms with van der Waals surface area (Å²) in [5, 5.41) is 1.78. The smallest absolute Gasteiger partial charge is 0.338 e. The fourth-order valence-corrected chi connectivity index (χ4v) is 6.91. The number of thiazole rings is 1. The third-order valence-electron chi connectivity index (χ3n) is 6.82. The van der Waals surface area contributed by atoms with Crippen molar-refractivity contribution < 1.29 is 28.5 Å². The van der Waals surface area contributed by atoms with Crippen LogP contribution in [0.1, 0.15) is 44.9 Å². The first-order valence-electron chi connectivity index (χ1n) is 13.6. The molecule has 0 saturated heterocycles. The highest BCUT2D eigenvalue weighted by molar-refractivity contribution is 14.1. The third kappa shape index (κ3) is 5.83. The van der Waals surface area contributed by atoms with Crippen LogP contribution in [0, 0.1) is 3.57 Å². The highest BCUT2D eigenvalue weighted by atomic mass is 127. The predicted octanol–water partition coefficient (Wildman–Crippen LogP) is 4.89. The number of benzene rings is 3. The summed E-state index contributed by atoms with van der Waals surface area (Å²) in [4.78, 5) is 44.5. The predicted molar refractivity (Wildman–Crippen MR) is 173 cm³/mol. The zero-order valence-electron chi connectivity index (χ0n) is 24.2. The van der Waals surface area contributed by atoms with E-state index in [1.807, 2.05) is 43.3 Å². The minimum atomic E-state index is -0.844. The molecule has 5 rings (SSSR count). The Kier molecular flexibility index (Phi) is 9.02. The lowest BCUT2D eigenvalue weighted by Gasteiger charge is -2.27. The normalized spacial score (nSPS) is 14.7. The molecular formula is C32H29IN2O7S. The van der Waals surface area contributed by atoms with Crippen LogP contribution in [0.25, 0.3) is 16.8 Å². The standard InChI is InChI=1S/C32H29IN2O7S/c1-6-40-24-15-19(14-22(33)29(24)42-18(4)36)16-25-30(37)35-28(26(31(38)41-7-2)17(3)34-32(35)43-25)27-21-11-9-8-10-20(21)12-13-23(27)39-5/h8-16,28H,6-7H2,1-5H3/b25-16-/t28-/m1/s1. The van der Waals surface area contributed by atoms with Crippen molar-refractivity contribution in [3.8, 4) is 17.2 Å². The van der Waals surface area contributed by atoms with Gasteiger partial charge in [0.2, 0.25) is 0 Å². The van der Waals surface area contributed by atoms with E-state index in [1.54, 1.807) is 43.7 Å². The molecule has 11 heteroatoms. The average Bonchev–Trinajstić information content (AvgIpc) is 3.27. The van der Waals surface area contributed by atoms with Crippen LogP contribution in [0.5, 0.6) is 17.2 Å². The molecule has 0 spiro atoms. The van der Waals surface area contributed by atoms with Gasteiger partial charge in [0.15, 0.2) is 16.3 Å². The zero-order chi connectivity index (χ0) is 30.8. The summed E-state index contributed by atoms with van der Waals surface area (Å²) in [6, 6.07) is 14.2. The van der Waals surface area contributed by atoms with Crippen molar-refractivity contribution in [1.82, 2.24) is 4.57 Å². The van der Waals surface area contributed by atoms with Crippen molar-refractivity contribution in [2.75, 3.05) is 20.3 Å². The summed E-state index contributed by atoms with van der Waals surface area (Å²) in [7, 11) is 1.56. The summed E-state index contributed by atoms with van der Waals surface area (Å²) in [5.41, 5.74) is 1.76. The first kappa shape index (κ1) is 30.5. The van der Waals surface area contributed by atoms with Gasteiger partial charge >= 0.3 is 11.9 Å². The lowest BCUT2D eigenvalue weighted by Crippen LogP contribution is -2.40. The Morgan fingerprint density at radius 1 is 1.09 bits per heavy atom. The van der Waals surface area contributed by atoms with Crippen molar-refractivity contribution in [1.29, 1.82) is 0 Å². The van der Waals surface area contributed by atoms with Crippen LogP contribution in [0.3, 0.4) is 0 Å². The molecule has 0 unspecified atom stereocenters. The molecule has 9 nitrogen and oxygen atoms in total. The van der Waals surface area contributed by atoms with Crippen LogP contribution in [0.15, 0.2) is 69.6 Å². The number of hydrogen-bond acceptors (Lipinski definition) is 9. The number of rotatable bonds is 8. The van der Waals surface area contributed by atoms with Crippen molar-refractivity contribution in [2.45, 2.75) is 33.7 Å². The average molecular weight is 713 g/mol. The number of methoxy groups -OCH3 is 1. The van der Waals surface area contributed by atoms with Crippen LogP contribution >= 0.6 is 33.9 Å². The molecule has 0 saturated carbocycles. The maximum atomic E-state index is 14.2. The third-order valence-corrected chi connectivity index (χ3v) is 8.60. The van der Waals surface area contributed by atoms with Crippen molar-refractivity contribution >= 4 is 62.7 Å². The molecule has 4 aromatic rings. The molecule has 2 heterocycles. The van der Waals surface area contributed by atoms with Crippen molar-refractivity contribution in [2.24, 2.45) is 4.99 Å². The van der Waals surface area contributed by atoms with Gasteiger partial charge in [-0.25, -0.2) is 9.79 Å². The van der Waals surface area contributed by atoms with Crippen LogP contribution in [0.4, 0.5) is 0 Å². The van der Waals surface area contributed by atoms with Gasteiger partial charge in [0, 0.05) is 12.5 Å². The number of carbonyl (C=O) groups excluding carboxylic acids is 2. The minimum Gasteiger partial charge on any atom is -0.496 e. The SMILES string of the molecule is CCOC(=O)C1=C(C)N=c2s/c(=C\c3cc(I)c(OC(C)=O)c(OCC)c3)c(=O)n2[C@H]1c1c(OC)ccc2ccccc12. The van der Waals surface area contributed by atoms with E-state index in [2.05, 4.69) is 22.6 Å². The summed E-state index contributed by atoms with van der Waals surface area (Å²) in [6.45, 7) is 7.18. The molecule has 1 aromatic heterocycles. The molecule has 0 radical (unpaired) electrons. The van der Waals surface area contributed by atoms with E-state index in [9.17, 15) is 14.4 Å². The van der Waals surface area contributed by atoms with Crippen LogP contribution < -0.4 is 29.1 Å². The first-order chi connectivity index (χ1) is 20.7. The number of aromatic nitrogens is 1. The van der Waals surface area contributed by atoms with Gasteiger partial charge in [0.1, 0.15) is 11.8 Å². The van der Waals surface area contributed by atoms with E-state index in [-0.39, 0.29) is 17.7 Å². The molecule has 0 bridgehead atoms. The van der Waals surface area contributed by atoms with E-state index in [4.69, 9.17) is 23.9 Å². The zero-order valence-corrected chi connectivity index (χ0v) is 27.2. The van der Waals surface area contributed by atoms with Gasteiger partial charge in [0.05, 0.1) is 39.7 Å². The largest absolute Gasteiger partial charge is 0.496 e. The highest BCUT2D eigenvalue weighted by Crippen LogP contribution is 2.40. The number of hydrogen-bond donors (Lipinski definition) is 0. The maximum absolute atomic E-state index is 14.2. The number of esters is 2. The fourth-order valence-electron chi connectivity index (χ4n) is 5.13. The van der Waals surface area contributed by atoms with E-state index < -0.39 is 18.0 Å². The molecular weight excluding hydrogens is 683 g/mol. The molecule has 0 amide bonds. The van der Waals surface area contributed by atoms with Gasteiger partial charge in [0.25, 0.3) is 5.56 Å². The van der Waals surface area contributed by atoms with Gasteiger partial charge in [-0.1, -0.05) is 41.7 Å². The van der Waals surface area contributed by atoms with Crippen molar-refractivity contribution in [3.05, 3.63) is 94.2 Å². The second kappa shape index (κ2) is 12.7.